The number of hydrogen-bond donors (Lipinski definition) is 3. The van der Waals surface area contributed by atoms with Crippen molar-refractivity contribution in [3.05, 3.63) is 54.1 Å². The quantitative estimate of drug-likeness (QED) is 0.507. The maximum atomic E-state index is 12.3. The van der Waals surface area contributed by atoms with E-state index in [9.17, 15) is 9.59 Å². The molecule has 0 radical (unpaired) electrons. The number of nitrogen functional groups attached to an aromatic ring is 1. The number of anilines is 3. The van der Waals surface area contributed by atoms with Gasteiger partial charge in [-0.2, -0.15) is 0 Å². The van der Waals surface area contributed by atoms with Gasteiger partial charge in [-0.3, -0.25) is 9.59 Å². The Morgan fingerprint density at radius 1 is 1.04 bits per heavy atom. The Morgan fingerprint density at radius 2 is 1.68 bits per heavy atom. The number of thioether (sulfide) groups is 1. The van der Waals surface area contributed by atoms with E-state index < -0.39 is 0 Å². The highest BCUT2D eigenvalue weighted by Crippen LogP contribution is 2.23. The molecule has 0 aliphatic heterocycles. The van der Waals surface area contributed by atoms with Crippen molar-refractivity contribution in [2.45, 2.75) is 4.34 Å². The number of carbonyl (C=O) groups excluding carboxylic acids is 2. The SMILES string of the molecule is COc1ccc(NC(=O)c2ccc(NC(=O)CSc3nnc(N)s3)cc2)cc1. The lowest BCUT2D eigenvalue weighted by molar-refractivity contribution is -0.113. The van der Waals surface area contributed by atoms with Crippen LogP contribution in [0.4, 0.5) is 16.5 Å². The van der Waals surface area contributed by atoms with Crippen LogP contribution in [0.3, 0.4) is 0 Å². The van der Waals surface area contributed by atoms with Gasteiger partial charge in [-0.05, 0) is 48.5 Å². The summed E-state index contributed by atoms with van der Waals surface area (Å²) >= 11 is 2.49. The highest BCUT2D eigenvalue weighted by Gasteiger charge is 2.09. The predicted octanol–water partition coefficient (Wildman–Crippen LogP) is 3.11. The summed E-state index contributed by atoms with van der Waals surface area (Å²) in [4.78, 5) is 24.3. The average molecular weight is 416 g/mol. The molecule has 0 fully saturated rings. The second-order valence-corrected chi connectivity index (χ2v) is 7.73. The van der Waals surface area contributed by atoms with Crippen LogP contribution in [-0.2, 0) is 4.79 Å². The number of methoxy groups -OCH3 is 1. The number of amides is 2. The van der Waals surface area contributed by atoms with E-state index in [0.717, 1.165) is 0 Å². The highest BCUT2D eigenvalue weighted by molar-refractivity contribution is 8.01. The molecule has 28 heavy (non-hydrogen) atoms. The minimum atomic E-state index is -0.243. The van der Waals surface area contributed by atoms with Crippen molar-refractivity contribution in [3.63, 3.8) is 0 Å². The van der Waals surface area contributed by atoms with Crippen molar-refractivity contribution in [1.82, 2.24) is 10.2 Å². The summed E-state index contributed by atoms with van der Waals surface area (Å²) in [6, 6.07) is 13.7. The first-order valence-electron chi connectivity index (χ1n) is 8.10. The van der Waals surface area contributed by atoms with Crippen molar-refractivity contribution in [2.75, 3.05) is 29.2 Å². The zero-order valence-corrected chi connectivity index (χ0v) is 16.5. The molecule has 0 spiro atoms. The fourth-order valence-corrected chi connectivity index (χ4v) is 3.62. The average Bonchev–Trinajstić information content (AvgIpc) is 3.13. The van der Waals surface area contributed by atoms with Gasteiger partial charge in [0, 0.05) is 16.9 Å². The van der Waals surface area contributed by atoms with E-state index in [1.54, 1.807) is 55.6 Å². The van der Waals surface area contributed by atoms with Crippen LogP contribution < -0.4 is 21.1 Å². The van der Waals surface area contributed by atoms with E-state index in [2.05, 4.69) is 20.8 Å². The number of hydrogen-bond acceptors (Lipinski definition) is 8. The number of ether oxygens (including phenoxy) is 1. The van der Waals surface area contributed by atoms with Crippen LogP contribution in [0, 0.1) is 0 Å². The Morgan fingerprint density at radius 3 is 2.29 bits per heavy atom. The van der Waals surface area contributed by atoms with Crippen LogP contribution in [0.2, 0.25) is 0 Å². The number of rotatable bonds is 7. The molecule has 2 amide bonds. The van der Waals surface area contributed by atoms with E-state index in [1.807, 2.05) is 0 Å². The van der Waals surface area contributed by atoms with Gasteiger partial charge in [0.15, 0.2) is 4.34 Å². The lowest BCUT2D eigenvalue weighted by Gasteiger charge is -2.08. The van der Waals surface area contributed by atoms with Crippen molar-refractivity contribution in [2.24, 2.45) is 0 Å². The molecule has 3 aromatic rings. The van der Waals surface area contributed by atoms with Gasteiger partial charge in [0.1, 0.15) is 5.75 Å². The molecule has 2 aromatic carbocycles. The van der Waals surface area contributed by atoms with Gasteiger partial charge >= 0.3 is 0 Å². The largest absolute Gasteiger partial charge is 0.497 e. The lowest BCUT2D eigenvalue weighted by atomic mass is 10.2. The molecule has 0 aliphatic rings. The van der Waals surface area contributed by atoms with E-state index in [1.165, 1.54) is 23.1 Å². The van der Waals surface area contributed by atoms with Gasteiger partial charge in [-0.1, -0.05) is 23.1 Å². The first kappa shape index (κ1) is 19.6. The van der Waals surface area contributed by atoms with Crippen LogP contribution in [-0.4, -0.2) is 34.9 Å². The topological polar surface area (TPSA) is 119 Å². The predicted molar refractivity (Wildman–Crippen MR) is 111 cm³/mol. The van der Waals surface area contributed by atoms with E-state index in [4.69, 9.17) is 10.5 Å². The number of carbonyl (C=O) groups is 2. The van der Waals surface area contributed by atoms with Gasteiger partial charge in [-0.15, -0.1) is 10.2 Å². The van der Waals surface area contributed by atoms with Crippen molar-refractivity contribution in [3.8, 4) is 5.75 Å². The maximum absolute atomic E-state index is 12.3. The molecule has 10 heteroatoms. The smallest absolute Gasteiger partial charge is 0.255 e. The molecule has 1 aromatic heterocycles. The summed E-state index contributed by atoms with van der Waals surface area (Å²) < 4.78 is 5.72. The first-order chi connectivity index (χ1) is 13.5. The van der Waals surface area contributed by atoms with E-state index in [0.29, 0.717) is 32.2 Å². The Kier molecular flexibility index (Phi) is 6.45. The van der Waals surface area contributed by atoms with Crippen LogP contribution >= 0.6 is 23.1 Å². The molecular formula is C18H17N5O3S2. The third-order valence-corrected chi connectivity index (χ3v) is 5.41. The summed E-state index contributed by atoms with van der Waals surface area (Å²) in [5.74, 6) is 0.474. The first-order valence-corrected chi connectivity index (χ1v) is 9.91. The Labute approximate surface area is 169 Å². The van der Waals surface area contributed by atoms with Gasteiger partial charge < -0.3 is 21.1 Å². The maximum Gasteiger partial charge on any atom is 0.255 e. The minimum absolute atomic E-state index is 0.186. The number of aromatic nitrogens is 2. The molecular weight excluding hydrogens is 398 g/mol. The normalized spacial score (nSPS) is 10.3. The van der Waals surface area contributed by atoms with Crippen LogP contribution in [0.15, 0.2) is 52.9 Å². The third-order valence-electron chi connectivity index (χ3n) is 3.53. The molecule has 0 saturated heterocycles. The van der Waals surface area contributed by atoms with Gasteiger partial charge in [0.05, 0.1) is 12.9 Å². The Hall–Kier alpha value is -3.11. The molecule has 0 unspecified atom stereocenters. The van der Waals surface area contributed by atoms with Crippen molar-refractivity contribution >= 4 is 51.4 Å². The molecule has 8 nitrogen and oxygen atoms in total. The van der Waals surface area contributed by atoms with Gasteiger partial charge in [-0.25, -0.2) is 0 Å². The highest BCUT2D eigenvalue weighted by atomic mass is 32.2. The third kappa shape index (κ3) is 5.44. The van der Waals surface area contributed by atoms with Crippen LogP contribution in [0.1, 0.15) is 10.4 Å². The number of nitrogens with two attached hydrogens (primary N) is 1. The van der Waals surface area contributed by atoms with E-state index >= 15 is 0 Å². The summed E-state index contributed by atoms with van der Waals surface area (Å²) in [5, 5.41) is 13.5. The zero-order valence-electron chi connectivity index (χ0n) is 14.8. The molecule has 144 valence electrons. The fourth-order valence-electron chi connectivity index (χ4n) is 2.19. The zero-order chi connectivity index (χ0) is 19.9. The molecule has 1 heterocycles. The Balaban J connectivity index is 1.51. The standard InChI is InChI=1S/C18H17N5O3S2/c1-26-14-8-6-13(7-9-14)21-16(25)11-2-4-12(5-3-11)20-15(24)10-27-18-23-22-17(19)28-18/h2-9H,10H2,1H3,(H2,19,22)(H,20,24)(H,21,25). The molecule has 4 N–H and O–H groups in total. The van der Waals surface area contributed by atoms with E-state index in [-0.39, 0.29) is 17.6 Å². The minimum Gasteiger partial charge on any atom is -0.497 e. The fraction of sp³-hybridized carbons (Fsp3) is 0.111. The summed E-state index contributed by atoms with van der Waals surface area (Å²) in [6.07, 6.45) is 0. The van der Waals surface area contributed by atoms with Crippen molar-refractivity contribution in [1.29, 1.82) is 0 Å². The molecule has 0 aliphatic carbocycles. The van der Waals surface area contributed by atoms with Gasteiger partial charge in [0.2, 0.25) is 11.0 Å². The Bertz CT molecular complexity index is 958. The second kappa shape index (κ2) is 9.20. The molecule has 0 atom stereocenters. The molecule has 0 bridgehead atoms. The molecule has 3 rings (SSSR count). The van der Waals surface area contributed by atoms with Crippen LogP contribution in [0.25, 0.3) is 0 Å². The van der Waals surface area contributed by atoms with Crippen molar-refractivity contribution < 1.29 is 14.3 Å². The summed E-state index contributed by atoms with van der Waals surface area (Å²) in [6.45, 7) is 0. The number of nitrogens with zero attached hydrogens (tertiary/aromatic N) is 2. The summed E-state index contributed by atoms with van der Waals surface area (Å²) in [7, 11) is 1.58. The summed E-state index contributed by atoms with van der Waals surface area (Å²) in [5.41, 5.74) is 7.25. The van der Waals surface area contributed by atoms with Crippen LogP contribution in [0.5, 0.6) is 5.75 Å². The number of nitrogens with one attached hydrogen (secondary N) is 2. The molecule has 0 saturated carbocycles. The second-order valence-electron chi connectivity index (χ2n) is 5.50. The number of benzene rings is 2. The van der Waals surface area contributed by atoms with Gasteiger partial charge in [0.25, 0.3) is 5.91 Å². The lowest BCUT2D eigenvalue weighted by Crippen LogP contribution is -2.15. The monoisotopic (exact) mass is 415 g/mol.